The fraction of sp³-hybridized carbons (Fsp3) is 0.438. The highest BCUT2D eigenvalue weighted by molar-refractivity contribution is 5.97. The van der Waals surface area contributed by atoms with E-state index in [4.69, 9.17) is 0 Å². The standard InChI is InChI=1S/C32H41N3O/c1-3-25-13-15-26(16-14-25)18-21-33-30(4-2)32(22-27-10-6-5-7-11-27)19-9-8-12-28(17-20-32)31(36)29-23-34-35-24-29/h4-7,10-11,13-16,23-24,28,33H,3,8-9,12,17-22H2,1-2H3,(H,34,35)/b30-4-. The van der Waals surface area contributed by atoms with Gasteiger partial charge < -0.3 is 5.32 Å². The molecule has 2 aromatic carbocycles. The minimum Gasteiger partial charge on any atom is -0.388 e. The highest BCUT2D eigenvalue weighted by Gasteiger charge is 2.37. The summed E-state index contributed by atoms with van der Waals surface area (Å²) in [5.74, 6) is 0.304. The Kier molecular flexibility index (Phi) is 9.16. The van der Waals surface area contributed by atoms with Gasteiger partial charge in [0.15, 0.2) is 5.78 Å². The molecule has 1 heterocycles. The number of nitrogens with zero attached hydrogens (tertiary/aromatic N) is 1. The van der Waals surface area contributed by atoms with Crippen LogP contribution in [0.2, 0.25) is 0 Å². The van der Waals surface area contributed by atoms with Gasteiger partial charge >= 0.3 is 0 Å². The van der Waals surface area contributed by atoms with Crippen LogP contribution >= 0.6 is 0 Å². The molecule has 2 atom stereocenters. The topological polar surface area (TPSA) is 57.8 Å². The van der Waals surface area contributed by atoms with Crippen molar-refractivity contribution in [2.24, 2.45) is 11.3 Å². The Hall–Kier alpha value is -3.14. The van der Waals surface area contributed by atoms with Crippen LogP contribution in [0.4, 0.5) is 0 Å². The molecule has 0 saturated heterocycles. The van der Waals surface area contributed by atoms with Gasteiger partial charge in [0.2, 0.25) is 0 Å². The zero-order valence-electron chi connectivity index (χ0n) is 21.9. The fourth-order valence-corrected chi connectivity index (χ4v) is 5.86. The molecule has 0 radical (unpaired) electrons. The van der Waals surface area contributed by atoms with Crippen molar-refractivity contribution in [3.05, 3.63) is 101 Å². The molecule has 1 saturated carbocycles. The monoisotopic (exact) mass is 483 g/mol. The van der Waals surface area contributed by atoms with Crippen LogP contribution in [0.3, 0.4) is 0 Å². The summed E-state index contributed by atoms with van der Waals surface area (Å²) in [7, 11) is 0. The van der Waals surface area contributed by atoms with E-state index in [1.54, 1.807) is 12.4 Å². The van der Waals surface area contributed by atoms with E-state index in [2.05, 4.69) is 90.0 Å². The highest BCUT2D eigenvalue weighted by atomic mass is 16.1. The number of aromatic nitrogens is 2. The number of nitrogens with one attached hydrogen (secondary N) is 2. The van der Waals surface area contributed by atoms with Crippen LogP contribution in [-0.4, -0.2) is 22.5 Å². The lowest BCUT2D eigenvalue weighted by Gasteiger charge is -2.40. The summed E-state index contributed by atoms with van der Waals surface area (Å²) in [6, 6.07) is 19.9. The van der Waals surface area contributed by atoms with Gasteiger partial charge in [-0.2, -0.15) is 5.10 Å². The van der Waals surface area contributed by atoms with Crippen molar-refractivity contribution in [2.75, 3.05) is 6.54 Å². The van der Waals surface area contributed by atoms with Crippen LogP contribution in [0.5, 0.6) is 0 Å². The number of hydrogen-bond donors (Lipinski definition) is 2. The molecule has 4 rings (SSSR count). The van der Waals surface area contributed by atoms with E-state index in [1.165, 1.54) is 22.4 Å². The average Bonchev–Trinajstić information content (AvgIpc) is 3.45. The number of ketones is 1. The number of aromatic amines is 1. The normalized spacial score (nSPS) is 20.9. The van der Waals surface area contributed by atoms with Crippen LogP contribution in [0, 0.1) is 11.3 Å². The third kappa shape index (κ3) is 6.54. The minimum absolute atomic E-state index is 0.0114. The molecule has 190 valence electrons. The number of rotatable bonds is 10. The molecule has 0 aliphatic heterocycles. The third-order valence-electron chi connectivity index (χ3n) is 7.99. The van der Waals surface area contributed by atoms with Crippen molar-refractivity contribution in [3.63, 3.8) is 0 Å². The maximum Gasteiger partial charge on any atom is 0.169 e. The predicted molar refractivity (Wildman–Crippen MR) is 148 cm³/mol. The SMILES string of the molecule is C/C=C(\NCCc1ccc(CC)cc1)C1(Cc2ccccc2)CCCCC(C(=O)c2cn[nH]c2)CC1. The van der Waals surface area contributed by atoms with E-state index >= 15 is 0 Å². The summed E-state index contributed by atoms with van der Waals surface area (Å²) in [6.07, 6.45) is 15.0. The molecule has 3 aromatic rings. The maximum atomic E-state index is 13.2. The second-order valence-corrected chi connectivity index (χ2v) is 10.3. The van der Waals surface area contributed by atoms with Crippen LogP contribution < -0.4 is 5.32 Å². The van der Waals surface area contributed by atoms with Crippen LogP contribution in [-0.2, 0) is 19.3 Å². The number of aryl methyl sites for hydroxylation is 1. The van der Waals surface area contributed by atoms with Gasteiger partial charge in [-0.1, -0.05) is 80.4 Å². The molecular formula is C32H41N3O. The number of carbonyl (C=O) groups excluding carboxylic acids is 1. The van der Waals surface area contributed by atoms with Crippen molar-refractivity contribution in [1.29, 1.82) is 0 Å². The van der Waals surface area contributed by atoms with E-state index in [-0.39, 0.29) is 17.1 Å². The Bertz CT molecular complexity index is 1100. The van der Waals surface area contributed by atoms with Gasteiger partial charge in [0, 0.05) is 29.8 Å². The van der Waals surface area contributed by atoms with Crippen molar-refractivity contribution in [3.8, 4) is 0 Å². The highest BCUT2D eigenvalue weighted by Crippen LogP contribution is 2.44. The van der Waals surface area contributed by atoms with Gasteiger partial charge in [-0.05, 0) is 68.6 Å². The first kappa shape index (κ1) is 25.9. The molecule has 36 heavy (non-hydrogen) atoms. The fourth-order valence-electron chi connectivity index (χ4n) is 5.86. The predicted octanol–water partition coefficient (Wildman–Crippen LogP) is 7.09. The van der Waals surface area contributed by atoms with E-state index in [0.717, 1.165) is 64.3 Å². The molecule has 2 unspecified atom stereocenters. The summed E-state index contributed by atoms with van der Waals surface area (Å²) in [5.41, 5.74) is 6.19. The summed E-state index contributed by atoms with van der Waals surface area (Å²) in [4.78, 5) is 13.2. The molecule has 2 N–H and O–H groups in total. The molecule has 1 aliphatic rings. The van der Waals surface area contributed by atoms with Gasteiger partial charge in [-0.25, -0.2) is 0 Å². The smallest absolute Gasteiger partial charge is 0.169 e. The second-order valence-electron chi connectivity index (χ2n) is 10.3. The molecule has 0 bridgehead atoms. The first-order valence-electron chi connectivity index (χ1n) is 13.7. The summed E-state index contributed by atoms with van der Waals surface area (Å²) >= 11 is 0. The summed E-state index contributed by atoms with van der Waals surface area (Å²) in [6.45, 7) is 5.28. The lowest BCUT2D eigenvalue weighted by atomic mass is 9.67. The lowest BCUT2D eigenvalue weighted by Crippen LogP contribution is -2.37. The van der Waals surface area contributed by atoms with Gasteiger partial charge in [0.25, 0.3) is 0 Å². The van der Waals surface area contributed by atoms with E-state index in [1.807, 2.05) is 0 Å². The largest absolute Gasteiger partial charge is 0.388 e. The van der Waals surface area contributed by atoms with E-state index in [9.17, 15) is 4.79 Å². The molecular weight excluding hydrogens is 442 g/mol. The third-order valence-corrected chi connectivity index (χ3v) is 7.99. The van der Waals surface area contributed by atoms with Gasteiger partial charge in [-0.3, -0.25) is 9.89 Å². The number of H-pyrrole nitrogens is 1. The van der Waals surface area contributed by atoms with Crippen LogP contribution in [0.25, 0.3) is 0 Å². The van der Waals surface area contributed by atoms with Gasteiger partial charge in [0.1, 0.15) is 0 Å². The first-order valence-corrected chi connectivity index (χ1v) is 13.7. The summed E-state index contributed by atoms with van der Waals surface area (Å²) < 4.78 is 0. The van der Waals surface area contributed by atoms with Crippen LogP contribution in [0.1, 0.15) is 79.4 Å². The van der Waals surface area contributed by atoms with Crippen molar-refractivity contribution in [1.82, 2.24) is 15.5 Å². The van der Waals surface area contributed by atoms with Crippen LogP contribution in [0.15, 0.2) is 78.8 Å². The van der Waals surface area contributed by atoms with Crippen molar-refractivity contribution < 1.29 is 4.79 Å². The minimum atomic E-state index is 0.0114. The molecule has 0 spiro atoms. The quantitative estimate of drug-likeness (QED) is 0.303. The number of carbonyl (C=O) groups is 1. The first-order chi connectivity index (χ1) is 17.6. The molecule has 1 fully saturated rings. The maximum absolute atomic E-state index is 13.2. The molecule has 4 heteroatoms. The average molecular weight is 484 g/mol. The number of hydrogen-bond acceptors (Lipinski definition) is 3. The summed E-state index contributed by atoms with van der Waals surface area (Å²) in [5, 5.41) is 10.7. The Morgan fingerprint density at radius 3 is 2.50 bits per heavy atom. The number of Topliss-reactive ketones (excluding diaryl/α,β-unsaturated/α-hetero) is 1. The second kappa shape index (κ2) is 12.7. The lowest BCUT2D eigenvalue weighted by molar-refractivity contribution is 0.0876. The molecule has 1 aromatic heterocycles. The van der Waals surface area contributed by atoms with Crippen molar-refractivity contribution in [2.45, 2.75) is 71.6 Å². The molecule has 0 amide bonds. The van der Waals surface area contributed by atoms with Gasteiger partial charge in [-0.15, -0.1) is 0 Å². The van der Waals surface area contributed by atoms with E-state index in [0.29, 0.717) is 5.56 Å². The molecule has 1 aliphatic carbocycles. The Labute approximate surface area is 216 Å². The Morgan fingerprint density at radius 2 is 1.81 bits per heavy atom. The Morgan fingerprint density at radius 1 is 1.03 bits per heavy atom. The zero-order valence-corrected chi connectivity index (χ0v) is 21.9. The number of benzene rings is 2. The Balaban J connectivity index is 1.52. The van der Waals surface area contributed by atoms with Gasteiger partial charge in [0.05, 0.1) is 11.8 Å². The number of allylic oxidation sites excluding steroid dienone is 2. The van der Waals surface area contributed by atoms with E-state index < -0.39 is 0 Å². The zero-order chi connectivity index (χ0) is 25.2. The van der Waals surface area contributed by atoms with Crippen molar-refractivity contribution >= 4 is 5.78 Å². The molecule has 4 nitrogen and oxygen atoms in total.